The van der Waals surface area contributed by atoms with Crippen LogP contribution in [-0.4, -0.2) is 9.97 Å². The monoisotopic (exact) mass is 267 g/mol. The Bertz CT molecular complexity index is 613. The third kappa shape index (κ3) is 2.53. The summed E-state index contributed by atoms with van der Waals surface area (Å²) in [5.41, 5.74) is 10.5. The Balaban J connectivity index is 1.99. The predicted octanol–water partition coefficient (Wildman–Crippen LogP) is 3.86. The highest BCUT2D eigenvalue weighted by Gasteiger charge is 2.28. The molecule has 1 aromatic carbocycles. The Labute approximate surface area is 120 Å². The topological polar surface area (TPSA) is 51.8 Å². The molecule has 1 fully saturated rings. The van der Waals surface area contributed by atoms with Crippen LogP contribution in [0, 0.1) is 6.92 Å². The highest BCUT2D eigenvalue weighted by molar-refractivity contribution is 5.67. The Hall–Kier alpha value is -1.90. The number of hydrogen-bond donors (Lipinski definition) is 1. The van der Waals surface area contributed by atoms with Crippen LogP contribution in [0.1, 0.15) is 49.1 Å². The molecule has 104 valence electrons. The molecule has 0 bridgehead atoms. The molecule has 1 aromatic heterocycles. The molecular formula is C17H21N3. The van der Waals surface area contributed by atoms with E-state index in [1.54, 1.807) is 0 Å². The molecular weight excluding hydrogens is 246 g/mol. The number of nitrogens with two attached hydrogens (primary N) is 1. The molecule has 0 aliphatic heterocycles. The van der Waals surface area contributed by atoms with Crippen molar-refractivity contribution in [1.29, 1.82) is 0 Å². The minimum atomic E-state index is 0.524. The Kier molecular flexibility index (Phi) is 3.43. The molecule has 1 aliphatic rings. The molecule has 0 saturated heterocycles. The normalized spacial score (nSPS) is 14.5. The Morgan fingerprint density at radius 2 is 1.85 bits per heavy atom. The molecule has 1 saturated carbocycles. The molecule has 0 amide bonds. The standard InChI is InChI=1S/C17H21N3/c1-3-4-12-5-7-13(8-6-12)15-11(2)16(18)20-17(19-15)14-9-10-14/h5-8,14H,3-4,9-10H2,1-2H3,(H2,18,19,20). The zero-order valence-electron chi connectivity index (χ0n) is 12.2. The number of aromatic nitrogens is 2. The van der Waals surface area contributed by atoms with Gasteiger partial charge in [0.25, 0.3) is 0 Å². The summed E-state index contributed by atoms with van der Waals surface area (Å²) in [6.45, 7) is 4.20. The lowest BCUT2D eigenvalue weighted by Gasteiger charge is -2.10. The van der Waals surface area contributed by atoms with Crippen molar-refractivity contribution in [2.45, 2.75) is 45.4 Å². The fourth-order valence-corrected chi connectivity index (χ4v) is 2.48. The van der Waals surface area contributed by atoms with Crippen molar-refractivity contribution < 1.29 is 0 Å². The molecule has 1 aliphatic carbocycles. The van der Waals surface area contributed by atoms with Gasteiger partial charge in [0.15, 0.2) is 0 Å². The molecule has 20 heavy (non-hydrogen) atoms. The van der Waals surface area contributed by atoms with Crippen LogP contribution >= 0.6 is 0 Å². The quantitative estimate of drug-likeness (QED) is 0.915. The first kappa shape index (κ1) is 13.1. The van der Waals surface area contributed by atoms with Gasteiger partial charge in [-0.25, -0.2) is 9.97 Å². The van der Waals surface area contributed by atoms with Crippen molar-refractivity contribution in [3.8, 4) is 11.3 Å². The second-order valence-corrected chi connectivity index (χ2v) is 5.66. The van der Waals surface area contributed by atoms with Gasteiger partial charge < -0.3 is 5.73 Å². The second kappa shape index (κ2) is 5.23. The van der Waals surface area contributed by atoms with Gasteiger partial charge in [-0.05, 0) is 31.7 Å². The van der Waals surface area contributed by atoms with E-state index in [1.807, 2.05) is 6.92 Å². The second-order valence-electron chi connectivity index (χ2n) is 5.66. The van der Waals surface area contributed by atoms with E-state index in [-0.39, 0.29) is 0 Å². The minimum absolute atomic E-state index is 0.524. The number of nitrogens with zero attached hydrogens (tertiary/aromatic N) is 2. The van der Waals surface area contributed by atoms with Gasteiger partial charge in [-0.3, -0.25) is 0 Å². The maximum Gasteiger partial charge on any atom is 0.134 e. The smallest absolute Gasteiger partial charge is 0.134 e. The lowest BCUT2D eigenvalue weighted by Crippen LogP contribution is -2.04. The van der Waals surface area contributed by atoms with Gasteiger partial charge in [-0.1, -0.05) is 37.6 Å². The average Bonchev–Trinajstić information content (AvgIpc) is 3.28. The van der Waals surface area contributed by atoms with Crippen molar-refractivity contribution >= 4 is 5.82 Å². The lowest BCUT2D eigenvalue weighted by atomic mass is 10.0. The maximum atomic E-state index is 6.05. The lowest BCUT2D eigenvalue weighted by molar-refractivity contribution is 0.919. The number of hydrogen-bond acceptors (Lipinski definition) is 3. The summed E-state index contributed by atoms with van der Waals surface area (Å²) in [4.78, 5) is 9.18. The molecule has 3 heteroatoms. The van der Waals surface area contributed by atoms with Crippen LogP contribution in [0.3, 0.4) is 0 Å². The first-order chi connectivity index (χ1) is 9.69. The summed E-state index contributed by atoms with van der Waals surface area (Å²) in [5, 5.41) is 0. The number of anilines is 1. The van der Waals surface area contributed by atoms with E-state index >= 15 is 0 Å². The van der Waals surface area contributed by atoms with Crippen LogP contribution in [0.15, 0.2) is 24.3 Å². The minimum Gasteiger partial charge on any atom is -0.383 e. The van der Waals surface area contributed by atoms with Crippen LogP contribution in [0.25, 0.3) is 11.3 Å². The molecule has 0 spiro atoms. The van der Waals surface area contributed by atoms with Gasteiger partial charge >= 0.3 is 0 Å². The first-order valence-electron chi connectivity index (χ1n) is 7.42. The Morgan fingerprint density at radius 3 is 2.45 bits per heavy atom. The average molecular weight is 267 g/mol. The van der Waals surface area contributed by atoms with E-state index in [0.29, 0.717) is 11.7 Å². The largest absolute Gasteiger partial charge is 0.383 e. The summed E-state index contributed by atoms with van der Waals surface area (Å²) in [6.07, 6.45) is 4.68. The molecule has 0 radical (unpaired) electrons. The van der Waals surface area contributed by atoms with Crippen molar-refractivity contribution in [1.82, 2.24) is 9.97 Å². The van der Waals surface area contributed by atoms with Crippen molar-refractivity contribution in [3.05, 3.63) is 41.2 Å². The number of rotatable bonds is 4. The summed E-state index contributed by atoms with van der Waals surface area (Å²) in [7, 11) is 0. The van der Waals surface area contributed by atoms with E-state index in [1.165, 1.54) is 24.8 Å². The molecule has 1 heterocycles. The van der Waals surface area contributed by atoms with Crippen LogP contribution in [0.4, 0.5) is 5.82 Å². The van der Waals surface area contributed by atoms with Gasteiger partial charge in [-0.15, -0.1) is 0 Å². The number of aryl methyl sites for hydroxylation is 1. The van der Waals surface area contributed by atoms with E-state index in [4.69, 9.17) is 10.7 Å². The molecule has 0 unspecified atom stereocenters. The fraction of sp³-hybridized carbons (Fsp3) is 0.412. The number of nitrogen functional groups attached to an aromatic ring is 1. The maximum absolute atomic E-state index is 6.05. The van der Waals surface area contributed by atoms with Crippen LogP contribution in [-0.2, 0) is 6.42 Å². The van der Waals surface area contributed by atoms with Gasteiger partial charge in [0, 0.05) is 17.0 Å². The number of benzene rings is 1. The molecule has 3 rings (SSSR count). The molecule has 2 N–H and O–H groups in total. The van der Waals surface area contributed by atoms with Gasteiger partial charge in [0.2, 0.25) is 0 Å². The van der Waals surface area contributed by atoms with Gasteiger partial charge in [0.05, 0.1) is 5.69 Å². The van der Waals surface area contributed by atoms with Gasteiger partial charge in [-0.2, -0.15) is 0 Å². The molecule has 3 nitrogen and oxygen atoms in total. The van der Waals surface area contributed by atoms with Gasteiger partial charge in [0.1, 0.15) is 11.6 Å². The van der Waals surface area contributed by atoms with E-state index in [9.17, 15) is 0 Å². The van der Waals surface area contributed by atoms with E-state index in [2.05, 4.69) is 36.2 Å². The predicted molar refractivity (Wildman–Crippen MR) is 82.6 cm³/mol. The molecule has 0 atom stereocenters. The molecule has 2 aromatic rings. The Morgan fingerprint density at radius 1 is 1.15 bits per heavy atom. The fourth-order valence-electron chi connectivity index (χ4n) is 2.48. The third-order valence-electron chi connectivity index (χ3n) is 3.91. The highest BCUT2D eigenvalue weighted by atomic mass is 15.0. The third-order valence-corrected chi connectivity index (χ3v) is 3.91. The summed E-state index contributed by atoms with van der Waals surface area (Å²) in [6, 6.07) is 8.67. The summed E-state index contributed by atoms with van der Waals surface area (Å²) < 4.78 is 0. The van der Waals surface area contributed by atoms with E-state index in [0.717, 1.165) is 29.1 Å². The van der Waals surface area contributed by atoms with Crippen LogP contribution in [0.2, 0.25) is 0 Å². The summed E-state index contributed by atoms with van der Waals surface area (Å²) in [5.74, 6) is 2.06. The van der Waals surface area contributed by atoms with E-state index < -0.39 is 0 Å². The first-order valence-corrected chi connectivity index (χ1v) is 7.42. The zero-order chi connectivity index (χ0) is 14.1. The van der Waals surface area contributed by atoms with Crippen molar-refractivity contribution in [2.75, 3.05) is 5.73 Å². The SMILES string of the molecule is CCCc1ccc(-c2nc(C3CC3)nc(N)c2C)cc1. The zero-order valence-corrected chi connectivity index (χ0v) is 12.2. The van der Waals surface area contributed by atoms with Crippen molar-refractivity contribution in [2.24, 2.45) is 0 Å². The van der Waals surface area contributed by atoms with Crippen molar-refractivity contribution in [3.63, 3.8) is 0 Å². The highest BCUT2D eigenvalue weighted by Crippen LogP contribution is 2.39. The van der Waals surface area contributed by atoms with Crippen LogP contribution < -0.4 is 5.73 Å². The summed E-state index contributed by atoms with van der Waals surface area (Å²) >= 11 is 0. The van der Waals surface area contributed by atoms with Crippen LogP contribution in [0.5, 0.6) is 0 Å².